The first-order valence-electron chi connectivity index (χ1n) is 7.15. The standard InChI is InChI=1S/C15H18F4O2/c1-2-8-3-4-10(11(16)5-8)15(20)21-9-6-12(17)14(19)13(18)7-9/h1,8-14H,3-7H2. The minimum atomic E-state index is -2.18. The van der Waals surface area contributed by atoms with E-state index >= 15 is 0 Å². The van der Waals surface area contributed by atoms with Gasteiger partial charge < -0.3 is 4.74 Å². The number of halogens is 4. The number of carbonyl (C=O) groups excluding carboxylic acids is 1. The van der Waals surface area contributed by atoms with Crippen LogP contribution in [0.1, 0.15) is 32.1 Å². The molecule has 2 saturated carbocycles. The van der Waals surface area contributed by atoms with Gasteiger partial charge in [-0.1, -0.05) is 0 Å². The van der Waals surface area contributed by atoms with E-state index in [4.69, 9.17) is 11.2 Å². The molecule has 21 heavy (non-hydrogen) atoms. The summed E-state index contributed by atoms with van der Waals surface area (Å²) in [7, 11) is 0. The average molecular weight is 306 g/mol. The predicted molar refractivity (Wildman–Crippen MR) is 68.4 cm³/mol. The van der Waals surface area contributed by atoms with Gasteiger partial charge in [-0.25, -0.2) is 17.6 Å². The SMILES string of the molecule is C#CC1CCC(C(=O)OC2CC(F)C(F)C(F)C2)C(F)C1. The molecule has 0 aromatic heterocycles. The zero-order valence-electron chi connectivity index (χ0n) is 11.5. The molecule has 2 aliphatic rings. The van der Waals surface area contributed by atoms with E-state index in [-0.39, 0.29) is 31.6 Å². The van der Waals surface area contributed by atoms with Gasteiger partial charge in [-0.2, -0.15) is 0 Å². The average Bonchev–Trinajstić information content (AvgIpc) is 2.44. The number of alkyl halides is 4. The van der Waals surface area contributed by atoms with Crippen molar-refractivity contribution in [1.82, 2.24) is 0 Å². The van der Waals surface area contributed by atoms with Gasteiger partial charge in [-0.3, -0.25) is 4.79 Å². The Bertz CT molecular complexity index is 410. The fourth-order valence-corrected chi connectivity index (χ4v) is 2.97. The van der Waals surface area contributed by atoms with Crippen LogP contribution in [0.4, 0.5) is 17.6 Å². The van der Waals surface area contributed by atoms with Crippen molar-refractivity contribution in [2.75, 3.05) is 0 Å². The fourth-order valence-electron chi connectivity index (χ4n) is 2.97. The Labute approximate surface area is 121 Å². The van der Waals surface area contributed by atoms with Crippen molar-refractivity contribution in [1.29, 1.82) is 0 Å². The molecule has 6 heteroatoms. The Balaban J connectivity index is 1.89. The summed E-state index contributed by atoms with van der Waals surface area (Å²) in [6, 6.07) is 0. The van der Waals surface area contributed by atoms with Crippen LogP contribution in [-0.2, 0) is 9.53 Å². The second kappa shape index (κ2) is 6.67. The monoisotopic (exact) mass is 306 g/mol. The van der Waals surface area contributed by atoms with Crippen LogP contribution in [0.3, 0.4) is 0 Å². The lowest BCUT2D eigenvalue weighted by Gasteiger charge is -2.33. The highest BCUT2D eigenvalue weighted by Gasteiger charge is 2.42. The van der Waals surface area contributed by atoms with E-state index in [0.29, 0.717) is 6.42 Å². The quantitative estimate of drug-likeness (QED) is 0.445. The van der Waals surface area contributed by atoms with E-state index in [1.807, 2.05) is 0 Å². The van der Waals surface area contributed by atoms with Crippen molar-refractivity contribution in [2.45, 2.75) is 62.9 Å². The number of esters is 1. The summed E-state index contributed by atoms with van der Waals surface area (Å²) in [6.45, 7) is 0. The lowest BCUT2D eigenvalue weighted by Crippen LogP contribution is -2.43. The maximum absolute atomic E-state index is 13.9. The van der Waals surface area contributed by atoms with Crippen molar-refractivity contribution in [3.63, 3.8) is 0 Å². The van der Waals surface area contributed by atoms with Gasteiger partial charge in [0, 0.05) is 18.8 Å². The topological polar surface area (TPSA) is 26.3 Å². The van der Waals surface area contributed by atoms with Crippen LogP contribution < -0.4 is 0 Å². The van der Waals surface area contributed by atoms with Gasteiger partial charge in [0.25, 0.3) is 0 Å². The molecule has 0 spiro atoms. The largest absolute Gasteiger partial charge is 0.462 e. The van der Waals surface area contributed by atoms with Crippen molar-refractivity contribution >= 4 is 5.97 Å². The summed E-state index contributed by atoms with van der Waals surface area (Å²) in [5, 5.41) is 0. The van der Waals surface area contributed by atoms with Crippen LogP contribution >= 0.6 is 0 Å². The molecule has 2 aliphatic carbocycles. The van der Waals surface area contributed by atoms with Gasteiger partial charge in [0.05, 0.1) is 5.92 Å². The third kappa shape index (κ3) is 3.69. The number of ether oxygens (including phenoxy) is 1. The van der Waals surface area contributed by atoms with E-state index in [2.05, 4.69) is 5.92 Å². The molecule has 0 saturated heterocycles. The summed E-state index contributed by atoms with van der Waals surface area (Å²) in [5.74, 6) is 0.505. The number of terminal acetylenes is 1. The van der Waals surface area contributed by atoms with E-state index < -0.39 is 42.7 Å². The maximum atomic E-state index is 13.9. The molecule has 2 fully saturated rings. The van der Waals surface area contributed by atoms with Crippen LogP contribution in [-0.4, -0.2) is 36.8 Å². The smallest absolute Gasteiger partial charge is 0.312 e. The molecule has 0 aromatic carbocycles. The molecule has 0 bridgehead atoms. The molecule has 2 rings (SSSR count). The van der Waals surface area contributed by atoms with E-state index in [9.17, 15) is 22.4 Å². The molecule has 2 nitrogen and oxygen atoms in total. The summed E-state index contributed by atoms with van der Waals surface area (Å²) >= 11 is 0. The van der Waals surface area contributed by atoms with E-state index in [0.717, 1.165) is 0 Å². The highest BCUT2D eigenvalue weighted by Crippen LogP contribution is 2.34. The highest BCUT2D eigenvalue weighted by molar-refractivity contribution is 5.73. The Hall–Kier alpha value is -1.25. The third-order valence-corrected chi connectivity index (χ3v) is 4.26. The normalized spacial score (nSPS) is 43.9. The highest BCUT2D eigenvalue weighted by atomic mass is 19.2. The molecule has 5 atom stereocenters. The Kier molecular flexibility index (Phi) is 5.13. The predicted octanol–water partition coefficient (Wildman–Crippen LogP) is 3.09. The second-order valence-electron chi connectivity index (χ2n) is 5.81. The van der Waals surface area contributed by atoms with Crippen molar-refractivity contribution in [3.8, 4) is 12.3 Å². The summed E-state index contributed by atoms with van der Waals surface area (Å²) in [6.07, 6.45) is -3.30. The van der Waals surface area contributed by atoms with Crippen LogP contribution in [0.15, 0.2) is 0 Å². The van der Waals surface area contributed by atoms with Crippen LogP contribution in [0.5, 0.6) is 0 Å². The van der Waals surface area contributed by atoms with E-state index in [1.165, 1.54) is 0 Å². The molecule has 0 aromatic rings. The van der Waals surface area contributed by atoms with Crippen molar-refractivity contribution in [2.24, 2.45) is 11.8 Å². The fraction of sp³-hybridized carbons (Fsp3) is 0.800. The molecule has 5 unspecified atom stereocenters. The Morgan fingerprint density at radius 2 is 1.62 bits per heavy atom. The first-order valence-corrected chi connectivity index (χ1v) is 7.15. The van der Waals surface area contributed by atoms with Gasteiger partial charge in [0.1, 0.15) is 24.6 Å². The molecular formula is C15H18F4O2. The molecular weight excluding hydrogens is 288 g/mol. The number of carbonyl (C=O) groups is 1. The van der Waals surface area contributed by atoms with Gasteiger partial charge in [0.2, 0.25) is 0 Å². The molecule has 0 amide bonds. The molecule has 0 N–H and O–H groups in total. The summed E-state index contributed by atoms with van der Waals surface area (Å²) in [5.41, 5.74) is 0. The Morgan fingerprint density at radius 3 is 2.14 bits per heavy atom. The van der Waals surface area contributed by atoms with Crippen LogP contribution in [0, 0.1) is 24.2 Å². The van der Waals surface area contributed by atoms with Crippen molar-refractivity contribution in [3.05, 3.63) is 0 Å². The summed E-state index contributed by atoms with van der Waals surface area (Å²) < 4.78 is 58.4. The number of hydrogen-bond donors (Lipinski definition) is 0. The number of rotatable bonds is 2. The van der Waals surface area contributed by atoms with Gasteiger partial charge in [-0.05, 0) is 19.3 Å². The summed E-state index contributed by atoms with van der Waals surface area (Å²) in [4.78, 5) is 11.9. The molecule has 0 radical (unpaired) electrons. The minimum absolute atomic E-state index is 0.0883. The second-order valence-corrected chi connectivity index (χ2v) is 5.81. The van der Waals surface area contributed by atoms with Gasteiger partial charge in [-0.15, -0.1) is 12.3 Å². The molecule has 0 heterocycles. The first kappa shape index (κ1) is 16.1. The van der Waals surface area contributed by atoms with Crippen molar-refractivity contribution < 1.29 is 27.1 Å². The third-order valence-electron chi connectivity index (χ3n) is 4.26. The lowest BCUT2D eigenvalue weighted by molar-refractivity contribution is -0.163. The Morgan fingerprint density at radius 1 is 1.00 bits per heavy atom. The first-order chi connectivity index (χ1) is 9.92. The van der Waals surface area contributed by atoms with E-state index in [1.54, 1.807) is 0 Å². The molecule has 118 valence electrons. The maximum Gasteiger partial charge on any atom is 0.312 e. The lowest BCUT2D eigenvalue weighted by atomic mass is 9.81. The molecule has 0 aliphatic heterocycles. The van der Waals surface area contributed by atoms with Crippen LogP contribution in [0.25, 0.3) is 0 Å². The zero-order chi connectivity index (χ0) is 15.6. The van der Waals surface area contributed by atoms with Gasteiger partial charge >= 0.3 is 5.97 Å². The zero-order valence-corrected chi connectivity index (χ0v) is 11.5. The van der Waals surface area contributed by atoms with Crippen LogP contribution in [0.2, 0.25) is 0 Å². The van der Waals surface area contributed by atoms with Gasteiger partial charge in [0.15, 0.2) is 6.17 Å². The number of hydrogen-bond acceptors (Lipinski definition) is 2. The minimum Gasteiger partial charge on any atom is -0.462 e.